The molecule has 2 atom stereocenters. The van der Waals surface area contributed by atoms with Crippen LogP contribution in [0.15, 0.2) is 149 Å². The average Bonchev–Trinajstić information content (AvgIpc) is 3.59. The molecular formula is C42H43N3O6S. The smallest absolute Gasteiger partial charge is 0.266 e. The van der Waals surface area contributed by atoms with Crippen molar-refractivity contribution in [1.82, 2.24) is 10.9 Å². The molecular weight excluding hydrogens is 675 g/mol. The molecule has 0 spiro atoms. The molecule has 1 amide bonds. The number of carbonyl (C=O) groups is 1. The second-order valence-corrected chi connectivity index (χ2v) is 14.7. The number of carbonyl (C=O) groups excluding carboxylic acids is 1. The van der Waals surface area contributed by atoms with Crippen LogP contribution < -0.4 is 15.6 Å². The first kappa shape index (κ1) is 36.5. The van der Waals surface area contributed by atoms with E-state index in [9.17, 15) is 13.2 Å². The summed E-state index contributed by atoms with van der Waals surface area (Å²) >= 11 is 0. The molecule has 0 aliphatic carbocycles. The van der Waals surface area contributed by atoms with E-state index in [-0.39, 0.29) is 29.6 Å². The van der Waals surface area contributed by atoms with Gasteiger partial charge in [0.2, 0.25) is 5.90 Å². The van der Waals surface area contributed by atoms with E-state index in [1.54, 1.807) is 54.6 Å². The Hall–Kier alpha value is -5.29. The Balaban J connectivity index is 1.33. The number of hydrogen-bond donors (Lipinski definition) is 3. The average molecular weight is 718 g/mol. The number of aryl methyl sites for hydroxylation is 1. The summed E-state index contributed by atoms with van der Waals surface area (Å²) in [5.41, 5.74) is 8.80. The second-order valence-electron chi connectivity index (χ2n) is 12.6. The number of nitrogens with one attached hydrogen (secondary N) is 2. The summed E-state index contributed by atoms with van der Waals surface area (Å²) in [5.74, 6) is -0.00194. The van der Waals surface area contributed by atoms with Crippen LogP contribution in [0.5, 0.6) is 5.75 Å². The molecule has 5 aromatic carbocycles. The summed E-state index contributed by atoms with van der Waals surface area (Å²) < 4.78 is 39.6. The second kappa shape index (κ2) is 17.3. The van der Waals surface area contributed by atoms with Crippen molar-refractivity contribution in [3.8, 4) is 16.9 Å². The topological polar surface area (TPSA) is 126 Å². The quantitative estimate of drug-likeness (QED) is 0.0742. The summed E-state index contributed by atoms with van der Waals surface area (Å²) in [5, 5.41) is 9.12. The molecule has 5 aromatic rings. The van der Waals surface area contributed by atoms with Crippen molar-refractivity contribution >= 4 is 21.6 Å². The van der Waals surface area contributed by atoms with Crippen molar-refractivity contribution in [2.75, 3.05) is 25.5 Å². The van der Waals surface area contributed by atoms with Gasteiger partial charge in [-0.25, -0.2) is 18.8 Å². The Morgan fingerprint density at radius 1 is 0.769 bits per heavy atom. The highest BCUT2D eigenvalue weighted by Gasteiger charge is 2.53. The van der Waals surface area contributed by atoms with Gasteiger partial charge in [0.05, 0.1) is 17.3 Å². The molecule has 9 nitrogen and oxygen atoms in total. The van der Waals surface area contributed by atoms with E-state index < -0.39 is 27.4 Å². The van der Waals surface area contributed by atoms with Gasteiger partial charge >= 0.3 is 0 Å². The lowest BCUT2D eigenvalue weighted by Gasteiger charge is -2.30. The van der Waals surface area contributed by atoms with Gasteiger partial charge in [-0.05, 0) is 71.5 Å². The minimum absolute atomic E-state index is 0.0302. The molecule has 10 heteroatoms. The molecule has 0 saturated heterocycles. The van der Waals surface area contributed by atoms with Crippen molar-refractivity contribution in [3.05, 3.63) is 156 Å². The van der Waals surface area contributed by atoms with Crippen LogP contribution in [-0.2, 0) is 25.8 Å². The minimum Gasteiger partial charge on any atom is -0.494 e. The number of amides is 1. The lowest BCUT2D eigenvalue weighted by atomic mass is 9.84. The van der Waals surface area contributed by atoms with E-state index in [0.29, 0.717) is 36.4 Å². The van der Waals surface area contributed by atoms with E-state index in [1.807, 2.05) is 72.8 Å². The zero-order chi connectivity index (χ0) is 36.2. The van der Waals surface area contributed by atoms with E-state index in [1.165, 1.54) is 5.56 Å². The predicted molar refractivity (Wildman–Crippen MR) is 203 cm³/mol. The van der Waals surface area contributed by atoms with Crippen molar-refractivity contribution in [3.63, 3.8) is 0 Å². The highest BCUT2D eigenvalue weighted by Crippen LogP contribution is 2.43. The molecule has 1 aliphatic rings. The molecule has 0 saturated carbocycles. The Bertz CT molecular complexity index is 2030. The molecule has 268 valence electrons. The normalized spacial score (nSPS) is 16.9. The van der Waals surface area contributed by atoms with Gasteiger partial charge in [0.25, 0.3) is 5.91 Å². The highest BCUT2D eigenvalue weighted by molar-refractivity contribution is 7.91. The monoisotopic (exact) mass is 717 g/mol. The summed E-state index contributed by atoms with van der Waals surface area (Å²) in [6, 6.07) is 43.2. The van der Waals surface area contributed by atoms with Gasteiger partial charge in [0, 0.05) is 31.6 Å². The Labute approximate surface area is 305 Å². The predicted octanol–water partition coefficient (Wildman–Crippen LogP) is 6.49. The van der Waals surface area contributed by atoms with Crippen LogP contribution in [0.2, 0.25) is 0 Å². The van der Waals surface area contributed by atoms with Crippen LogP contribution >= 0.6 is 0 Å². The SMILES string of the molecule is O=C(NNCCCc1ccccc1)[C@@]1(CCS(=O)(=O)c2ccccc2)N=C(c2ccc(OCCCO)cc2)O[C@H]1c1ccc(-c2ccccc2)cc1. The van der Waals surface area contributed by atoms with Crippen LogP contribution in [0, 0.1) is 0 Å². The molecule has 52 heavy (non-hydrogen) atoms. The zero-order valence-corrected chi connectivity index (χ0v) is 29.7. The number of sulfone groups is 1. The number of hydrogen-bond acceptors (Lipinski definition) is 8. The number of ether oxygens (including phenoxy) is 2. The van der Waals surface area contributed by atoms with Gasteiger partial charge in [0.1, 0.15) is 5.75 Å². The largest absolute Gasteiger partial charge is 0.494 e. The highest BCUT2D eigenvalue weighted by atomic mass is 32.2. The number of aliphatic imine (C=N–C) groups is 1. The fourth-order valence-corrected chi connectivity index (χ4v) is 7.55. The summed E-state index contributed by atoms with van der Waals surface area (Å²) in [4.78, 5) is 19.7. The maximum Gasteiger partial charge on any atom is 0.266 e. The standard InChI is InChI=1S/C42H43N3O6S/c46-29-11-30-50-37-25-23-36(24-26-37)40-44-42(27-31-52(48,49)38-17-8-3-9-18-38,41(47)45-43-28-10-14-32-12-4-1-5-13-32)39(51-40)35-21-19-34(20-22-35)33-15-6-2-7-16-33/h1-9,12-13,15-26,39,43,46H,10-11,14,27-31H2,(H,45,47)/t39-,42-/m0/s1. The Kier molecular flexibility index (Phi) is 12.1. The number of benzene rings is 5. The zero-order valence-electron chi connectivity index (χ0n) is 28.9. The lowest BCUT2D eigenvalue weighted by molar-refractivity contribution is -0.130. The third-order valence-electron chi connectivity index (χ3n) is 9.02. The van der Waals surface area contributed by atoms with Crippen LogP contribution in [0.25, 0.3) is 11.1 Å². The number of aliphatic hydroxyl groups is 1. The van der Waals surface area contributed by atoms with E-state index >= 15 is 0 Å². The molecule has 0 unspecified atom stereocenters. The van der Waals surface area contributed by atoms with Gasteiger partial charge in [-0.1, -0.05) is 103 Å². The molecule has 0 radical (unpaired) electrons. The summed E-state index contributed by atoms with van der Waals surface area (Å²) in [6.07, 6.45) is 1.02. The molecule has 1 aliphatic heterocycles. The van der Waals surface area contributed by atoms with Gasteiger partial charge in [-0.2, -0.15) is 0 Å². The van der Waals surface area contributed by atoms with Crippen molar-refractivity contribution in [2.24, 2.45) is 4.99 Å². The molecule has 6 rings (SSSR count). The fourth-order valence-electron chi connectivity index (χ4n) is 6.16. The van der Waals surface area contributed by atoms with Crippen molar-refractivity contribution in [2.45, 2.75) is 42.2 Å². The van der Waals surface area contributed by atoms with Crippen LogP contribution in [0.3, 0.4) is 0 Å². The number of aliphatic hydroxyl groups excluding tert-OH is 1. The van der Waals surface area contributed by atoms with Gasteiger partial charge < -0.3 is 14.6 Å². The molecule has 1 heterocycles. The molecule has 0 aromatic heterocycles. The number of hydrazine groups is 1. The first-order valence-corrected chi connectivity index (χ1v) is 19.1. The summed E-state index contributed by atoms with van der Waals surface area (Å²) in [6.45, 7) is 0.888. The summed E-state index contributed by atoms with van der Waals surface area (Å²) in [7, 11) is -3.79. The first-order valence-electron chi connectivity index (χ1n) is 17.5. The number of rotatable bonds is 17. The Morgan fingerprint density at radius 3 is 2.06 bits per heavy atom. The van der Waals surface area contributed by atoms with E-state index in [2.05, 4.69) is 23.0 Å². The van der Waals surface area contributed by atoms with Gasteiger partial charge in [-0.3, -0.25) is 10.2 Å². The molecule has 0 fully saturated rings. The maximum absolute atomic E-state index is 14.5. The van der Waals surface area contributed by atoms with Gasteiger partial charge in [-0.15, -0.1) is 0 Å². The van der Waals surface area contributed by atoms with Crippen LogP contribution in [0.4, 0.5) is 0 Å². The van der Waals surface area contributed by atoms with Crippen molar-refractivity contribution < 1.29 is 27.8 Å². The molecule has 0 bridgehead atoms. The fraction of sp³-hybridized carbons (Fsp3) is 0.238. The van der Waals surface area contributed by atoms with Crippen molar-refractivity contribution in [1.29, 1.82) is 0 Å². The Morgan fingerprint density at radius 2 is 1.38 bits per heavy atom. The third-order valence-corrected chi connectivity index (χ3v) is 10.7. The minimum atomic E-state index is -3.79. The maximum atomic E-state index is 14.5. The third kappa shape index (κ3) is 8.95. The van der Waals surface area contributed by atoms with E-state index in [0.717, 1.165) is 24.0 Å². The number of nitrogens with zero attached hydrogens (tertiary/aromatic N) is 1. The van der Waals surface area contributed by atoms with E-state index in [4.69, 9.17) is 19.6 Å². The van der Waals surface area contributed by atoms with Crippen LogP contribution in [0.1, 0.15) is 42.1 Å². The van der Waals surface area contributed by atoms with Gasteiger partial charge in [0.15, 0.2) is 21.5 Å². The first-order chi connectivity index (χ1) is 25.4. The molecule has 3 N–H and O–H groups in total. The lowest BCUT2D eigenvalue weighted by Crippen LogP contribution is -2.53. The van der Waals surface area contributed by atoms with Crippen LogP contribution in [-0.4, -0.2) is 56.4 Å².